The number of hydrogen-bond donors (Lipinski definition) is 4. The lowest BCUT2D eigenvalue weighted by atomic mass is 9.86. The fraction of sp³-hybridized carbons (Fsp3) is 0.355. The third-order valence-electron chi connectivity index (χ3n) is 8.06. The van der Waals surface area contributed by atoms with Gasteiger partial charge in [0.1, 0.15) is 13.2 Å². The lowest BCUT2D eigenvalue weighted by molar-refractivity contribution is -0.157. The molecule has 1 aromatic carbocycles. The Morgan fingerprint density at radius 1 is 1.16 bits per heavy atom. The Hall–Kier alpha value is -3.84. The normalized spacial score (nSPS) is 17.2. The number of carbonyl (C=O) groups is 2. The van der Waals surface area contributed by atoms with Crippen LogP contribution in [0.3, 0.4) is 0 Å². The molecular formula is C31H33FN4O8P+. The fourth-order valence-corrected chi connectivity index (χ4v) is 6.88. The van der Waals surface area contributed by atoms with Gasteiger partial charge in [-0.2, -0.15) is 9.79 Å². The van der Waals surface area contributed by atoms with Crippen LogP contribution in [0, 0.1) is 0 Å². The van der Waals surface area contributed by atoms with Gasteiger partial charge in [0, 0.05) is 16.8 Å². The van der Waals surface area contributed by atoms with Crippen molar-refractivity contribution in [1.82, 2.24) is 14.9 Å². The molecule has 0 radical (unpaired) electrons. The minimum atomic E-state index is -4.61. The number of rotatable bonds is 9. The fourth-order valence-electron chi connectivity index (χ4n) is 6.03. The van der Waals surface area contributed by atoms with Crippen LogP contribution in [0.25, 0.3) is 17.5 Å². The molecule has 4 N–H and O–H groups in total. The highest BCUT2D eigenvalue weighted by molar-refractivity contribution is 7.54. The van der Waals surface area contributed by atoms with Gasteiger partial charge < -0.3 is 19.9 Å². The van der Waals surface area contributed by atoms with E-state index < -0.39 is 25.8 Å². The summed E-state index contributed by atoms with van der Waals surface area (Å²) in [5.74, 6) is -1.51. The number of carbonyl (C=O) groups excluding carboxylic acids is 2. The number of pyridine rings is 2. The first-order valence-electron chi connectivity index (χ1n) is 14.6. The number of esters is 1. The number of halogens is 1. The number of aromatic nitrogens is 2. The molecule has 14 heteroatoms. The van der Waals surface area contributed by atoms with Crippen molar-refractivity contribution >= 4 is 31.8 Å². The molecule has 0 fully saturated rings. The van der Waals surface area contributed by atoms with Crippen molar-refractivity contribution in [3.63, 3.8) is 0 Å². The maximum atomic E-state index is 14.0. The SMILES string of the molecule is CNCC(=O)Nc1ccc(CO[P+](O)(O)OC2C(=O)OCc3c2cc2n(c3=O)Cc3c-2nc(/C=C(\C)F)c2c3CCCC2)cc1. The number of allylic oxidation sites excluding steroid dienone is 1. The maximum Gasteiger partial charge on any atom is 0.571 e. The van der Waals surface area contributed by atoms with E-state index in [1.54, 1.807) is 41.9 Å². The van der Waals surface area contributed by atoms with Gasteiger partial charge in [0.2, 0.25) is 12.0 Å². The van der Waals surface area contributed by atoms with Crippen LogP contribution in [0.15, 0.2) is 41.0 Å². The highest BCUT2D eigenvalue weighted by atomic mass is 31.2. The van der Waals surface area contributed by atoms with E-state index in [-0.39, 0.29) is 49.2 Å². The number of anilines is 1. The average molecular weight is 640 g/mol. The molecular weight excluding hydrogens is 606 g/mol. The monoisotopic (exact) mass is 639 g/mol. The summed E-state index contributed by atoms with van der Waals surface area (Å²) in [6.07, 6.45) is 3.25. The van der Waals surface area contributed by atoms with Crippen LogP contribution in [0.5, 0.6) is 0 Å². The molecule has 45 heavy (non-hydrogen) atoms. The molecule has 1 aliphatic carbocycles. The second-order valence-corrected chi connectivity index (χ2v) is 12.7. The third kappa shape index (κ3) is 6.32. The van der Waals surface area contributed by atoms with E-state index in [0.29, 0.717) is 28.3 Å². The molecule has 3 aliphatic rings. The largest absolute Gasteiger partial charge is 0.571 e. The van der Waals surface area contributed by atoms with Gasteiger partial charge in [0.25, 0.3) is 5.56 Å². The first kappa shape index (κ1) is 31.2. The number of benzene rings is 1. The Kier molecular flexibility index (Phi) is 8.66. The summed E-state index contributed by atoms with van der Waals surface area (Å²) in [5.41, 5.74) is 5.39. The summed E-state index contributed by atoms with van der Waals surface area (Å²) >= 11 is 0. The van der Waals surface area contributed by atoms with E-state index in [1.807, 2.05) is 0 Å². The molecule has 4 heterocycles. The number of nitrogens with zero attached hydrogens (tertiary/aromatic N) is 2. The smallest absolute Gasteiger partial charge is 0.458 e. The van der Waals surface area contributed by atoms with Crippen molar-refractivity contribution in [1.29, 1.82) is 0 Å². The molecule has 236 valence electrons. The number of likely N-dealkylation sites (N-methyl/N-ethyl adjacent to an activating group) is 1. The lowest BCUT2D eigenvalue weighted by Crippen LogP contribution is -2.33. The van der Waals surface area contributed by atoms with Crippen molar-refractivity contribution in [2.24, 2.45) is 0 Å². The van der Waals surface area contributed by atoms with Crippen LogP contribution in [-0.2, 0) is 56.0 Å². The Morgan fingerprint density at radius 2 is 1.89 bits per heavy atom. The zero-order chi connectivity index (χ0) is 31.9. The van der Waals surface area contributed by atoms with Crippen molar-refractivity contribution < 1.29 is 37.6 Å². The Bertz CT molecular complexity index is 1770. The lowest BCUT2D eigenvalue weighted by Gasteiger charge is -2.24. The number of nitrogens with one attached hydrogen (secondary N) is 2. The second-order valence-electron chi connectivity index (χ2n) is 11.2. The zero-order valence-corrected chi connectivity index (χ0v) is 25.7. The van der Waals surface area contributed by atoms with Gasteiger partial charge in [0.05, 0.1) is 41.6 Å². The minimum absolute atomic E-state index is 0.131. The highest BCUT2D eigenvalue weighted by Crippen LogP contribution is 2.57. The summed E-state index contributed by atoms with van der Waals surface area (Å²) in [4.78, 5) is 64.5. The van der Waals surface area contributed by atoms with Gasteiger partial charge >= 0.3 is 14.1 Å². The third-order valence-corrected chi connectivity index (χ3v) is 9.01. The van der Waals surface area contributed by atoms with Gasteiger partial charge in [-0.25, -0.2) is 14.2 Å². The molecule has 2 aliphatic heterocycles. The zero-order valence-electron chi connectivity index (χ0n) is 24.8. The van der Waals surface area contributed by atoms with Crippen molar-refractivity contribution in [2.45, 2.75) is 58.5 Å². The van der Waals surface area contributed by atoms with E-state index in [0.717, 1.165) is 42.4 Å². The first-order valence-corrected chi connectivity index (χ1v) is 16.1. The predicted molar refractivity (Wildman–Crippen MR) is 163 cm³/mol. The van der Waals surface area contributed by atoms with E-state index >= 15 is 0 Å². The molecule has 2 aromatic heterocycles. The molecule has 1 unspecified atom stereocenters. The van der Waals surface area contributed by atoms with E-state index in [4.69, 9.17) is 18.8 Å². The van der Waals surface area contributed by atoms with Gasteiger partial charge in [-0.15, -0.1) is 9.05 Å². The van der Waals surface area contributed by atoms with E-state index in [1.165, 1.54) is 13.0 Å². The Labute approximate surface area is 258 Å². The minimum Gasteiger partial charge on any atom is -0.458 e. The molecule has 0 saturated carbocycles. The van der Waals surface area contributed by atoms with Crippen LogP contribution in [0.4, 0.5) is 10.1 Å². The Balaban J connectivity index is 1.27. The van der Waals surface area contributed by atoms with Gasteiger partial charge in [-0.3, -0.25) is 9.59 Å². The summed E-state index contributed by atoms with van der Waals surface area (Å²) < 4.78 is 31.5. The number of amides is 1. The molecule has 12 nitrogen and oxygen atoms in total. The van der Waals surface area contributed by atoms with Crippen LogP contribution < -0.4 is 16.2 Å². The molecule has 1 amide bonds. The Morgan fingerprint density at radius 3 is 2.60 bits per heavy atom. The van der Waals surface area contributed by atoms with E-state index in [2.05, 4.69) is 10.6 Å². The number of hydrogen-bond acceptors (Lipinski definition) is 10. The van der Waals surface area contributed by atoms with Crippen LogP contribution in [-0.4, -0.2) is 44.8 Å². The maximum absolute atomic E-state index is 14.0. The van der Waals surface area contributed by atoms with Crippen molar-refractivity contribution in [3.05, 3.63) is 85.6 Å². The molecule has 6 rings (SSSR count). The van der Waals surface area contributed by atoms with Gasteiger partial charge in [0.15, 0.2) is 0 Å². The van der Waals surface area contributed by atoms with Gasteiger partial charge in [-0.05, 0) is 80.6 Å². The van der Waals surface area contributed by atoms with Crippen molar-refractivity contribution in [2.75, 3.05) is 18.9 Å². The van der Waals surface area contributed by atoms with E-state index in [9.17, 15) is 28.6 Å². The summed E-state index contributed by atoms with van der Waals surface area (Å²) in [7, 11) is -2.95. The first-order chi connectivity index (χ1) is 21.5. The second kappa shape index (κ2) is 12.5. The highest BCUT2D eigenvalue weighted by Gasteiger charge is 2.49. The average Bonchev–Trinajstić information content (AvgIpc) is 3.37. The molecule has 0 bridgehead atoms. The number of cyclic esters (lactones) is 1. The van der Waals surface area contributed by atoms with Gasteiger partial charge in [-0.1, -0.05) is 12.1 Å². The van der Waals surface area contributed by atoms with Crippen molar-refractivity contribution in [3.8, 4) is 11.4 Å². The van der Waals surface area contributed by atoms with Crippen LogP contribution in [0.1, 0.15) is 64.9 Å². The topological polar surface area (TPSA) is 161 Å². The van der Waals surface area contributed by atoms with Crippen LogP contribution >= 0.6 is 8.17 Å². The molecule has 1 atom stereocenters. The molecule has 0 spiro atoms. The summed E-state index contributed by atoms with van der Waals surface area (Å²) in [6, 6.07) is 8.10. The summed E-state index contributed by atoms with van der Waals surface area (Å²) in [5, 5.41) is 5.45. The molecule has 0 saturated heterocycles. The van der Waals surface area contributed by atoms with Crippen LogP contribution in [0.2, 0.25) is 0 Å². The summed E-state index contributed by atoms with van der Waals surface area (Å²) in [6.45, 7) is 1.20. The standard InChI is InChI=1S/C31H32FN4O8P/c1-17(32)11-25-21-6-4-3-5-20(21)23-14-36-26(28(23)35-25)12-22-24(30(36)38)16-42-31(39)29(22)44-45(40,41)43-15-18-7-9-19(10-8-18)34-27(37)13-33-2/h7-12,29,33,40-41H,3-6,13-16H2,1-2H3/p+1/b17-11+. The number of ether oxygens (including phenoxy) is 1. The number of fused-ring (bicyclic) bond motifs is 6. The quantitative estimate of drug-likeness (QED) is 0.157. The predicted octanol–water partition coefficient (Wildman–Crippen LogP) is 3.63. The molecule has 3 aromatic rings.